The van der Waals surface area contributed by atoms with Crippen molar-refractivity contribution in [2.45, 2.75) is 6.18 Å². The summed E-state index contributed by atoms with van der Waals surface area (Å²) in [4.78, 5) is 29.6. The van der Waals surface area contributed by atoms with Crippen LogP contribution in [0.3, 0.4) is 0 Å². The largest absolute Gasteiger partial charge is 0.433 e. The average molecular weight is 459 g/mol. The molecule has 0 spiro atoms. The van der Waals surface area contributed by atoms with E-state index in [2.05, 4.69) is 20.1 Å². The smallest absolute Gasteiger partial charge is 0.353 e. The first-order chi connectivity index (χ1) is 15.4. The molecule has 0 radical (unpaired) electrons. The van der Waals surface area contributed by atoms with Gasteiger partial charge in [0.25, 0.3) is 11.7 Å². The van der Waals surface area contributed by atoms with Crippen molar-refractivity contribution in [3.8, 4) is 10.6 Å². The molecule has 1 aliphatic rings. The summed E-state index contributed by atoms with van der Waals surface area (Å²) < 4.78 is 41.7. The molecule has 1 amide bonds. The first-order valence-corrected chi connectivity index (χ1v) is 10.6. The van der Waals surface area contributed by atoms with Crippen LogP contribution in [0.4, 0.5) is 19.0 Å². The first kappa shape index (κ1) is 20.4. The van der Waals surface area contributed by atoms with Crippen LogP contribution >= 0.6 is 11.3 Å². The van der Waals surface area contributed by atoms with Gasteiger partial charge >= 0.3 is 6.18 Å². The Morgan fingerprint density at radius 3 is 2.50 bits per heavy atom. The van der Waals surface area contributed by atoms with E-state index in [9.17, 15) is 18.0 Å². The molecule has 164 valence electrons. The molecular weight excluding hydrogens is 443 g/mol. The van der Waals surface area contributed by atoms with Crippen molar-refractivity contribution in [2.75, 3.05) is 31.1 Å². The molecule has 1 fully saturated rings. The number of hydrogen-bond donors (Lipinski definition) is 0. The van der Waals surface area contributed by atoms with Crippen LogP contribution in [-0.4, -0.2) is 61.6 Å². The number of halogens is 3. The summed E-state index contributed by atoms with van der Waals surface area (Å²) in [7, 11) is 0. The molecule has 0 saturated carbocycles. The summed E-state index contributed by atoms with van der Waals surface area (Å²) in [6.07, 6.45) is -2.99. The van der Waals surface area contributed by atoms with E-state index < -0.39 is 17.8 Å². The topological polar surface area (TPSA) is 79.5 Å². The third kappa shape index (κ3) is 3.77. The molecule has 4 aromatic rings. The summed E-state index contributed by atoms with van der Waals surface area (Å²) in [5.74, 6) is -0.288. The van der Waals surface area contributed by atoms with Crippen LogP contribution in [0.25, 0.3) is 16.3 Å². The standard InChI is InChI=1S/C20H16F3N7OS/c21-20(22,23)15-12-13(14-4-3-11-32-14)25-19-26-17(27-30(15)19)18(31)29-9-7-28(8-10-29)16-5-1-2-6-24-16/h1-6,11-12H,7-10H2. The number of alkyl halides is 3. The van der Waals surface area contributed by atoms with E-state index in [4.69, 9.17) is 0 Å². The molecule has 0 N–H and O–H groups in total. The molecule has 0 bridgehead atoms. The first-order valence-electron chi connectivity index (χ1n) is 9.74. The minimum absolute atomic E-state index is 0.134. The van der Waals surface area contributed by atoms with Gasteiger partial charge in [0.05, 0.1) is 10.6 Å². The van der Waals surface area contributed by atoms with E-state index in [1.54, 1.807) is 23.7 Å². The number of nitrogens with zero attached hydrogens (tertiary/aromatic N) is 7. The highest BCUT2D eigenvalue weighted by Crippen LogP contribution is 2.33. The lowest BCUT2D eigenvalue weighted by Gasteiger charge is -2.34. The molecule has 1 saturated heterocycles. The van der Waals surface area contributed by atoms with Crippen molar-refractivity contribution < 1.29 is 18.0 Å². The number of rotatable bonds is 3. The molecule has 8 nitrogen and oxygen atoms in total. The van der Waals surface area contributed by atoms with Crippen LogP contribution < -0.4 is 4.90 Å². The van der Waals surface area contributed by atoms with Gasteiger partial charge in [-0.2, -0.15) is 22.7 Å². The fourth-order valence-corrected chi connectivity index (χ4v) is 4.22. The maximum absolute atomic E-state index is 13.7. The maximum atomic E-state index is 13.7. The number of aromatic nitrogens is 5. The van der Waals surface area contributed by atoms with Crippen molar-refractivity contribution in [2.24, 2.45) is 0 Å². The lowest BCUT2D eigenvalue weighted by Crippen LogP contribution is -2.49. The van der Waals surface area contributed by atoms with Crippen LogP contribution in [0.15, 0.2) is 48.0 Å². The zero-order valence-electron chi connectivity index (χ0n) is 16.5. The van der Waals surface area contributed by atoms with Gasteiger partial charge in [0.2, 0.25) is 5.82 Å². The average Bonchev–Trinajstić information content (AvgIpc) is 3.48. The Labute approximate surface area is 184 Å². The highest BCUT2D eigenvalue weighted by molar-refractivity contribution is 7.13. The molecular formula is C20H16F3N7OS. The Morgan fingerprint density at radius 1 is 1.03 bits per heavy atom. The van der Waals surface area contributed by atoms with Crippen molar-refractivity contribution >= 4 is 28.8 Å². The Bertz CT molecular complexity index is 1250. The lowest BCUT2D eigenvalue weighted by molar-refractivity contribution is -0.142. The van der Waals surface area contributed by atoms with Gasteiger partial charge < -0.3 is 9.80 Å². The number of fused-ring (bicyclic) bond motifs is 1. The van der Waals surface area contributed by atoms with Gasteiger partial charge in [-0.3, -0.25) is 4.79 Å². The summed E-state index contributed by atoms with van der Waals surface area (Å²) in [5, 5.41) is 5.61. The van der Waals surface area contributed by atoms with Crippen molar-refractivity contribution in [3.05, 3.63) is 59.5 Å². The number of anilines is 1. The predicted octanol–water partition coefficient (Wildman–Crippen LogP) is 3.23. The molecule has 1 aliphatic heterocycles. The number of thiophene rings is 1. The second-order valence-corrected chi connectivity index (χ2v) is 8.06. The Hall–Kier alpha value is -3.54. The van der Waals surface area contributed by atoms with Gasteiger partial charge in [-0.05, 0) is 29.6 Å². The van der Waals surface area contributed by atoms with Gasteiger partial charge in [0.1, 0.15) is 5.82 Å². The zero-order chi connectivity index (χ0) is 22.3. The number of hydrogen-bond acceptors (Lipinski definition) is 7. The van der Waals surface area contributed by atoms with E-state index in [0.29, 0.717) is 35.6 Å². The van der Waals surface area contributed by atoms with E-state index in [0.717, 1.165) is 11.9 Å². The molecule has 4 aromatic heterocycles. The second-order valence-electron chi connectivity index (χ2n) is 7.12. The summed E-state index contributed by atoms with van der Waals surface area (Å²) in [6.45, 7) is 1.85. The predicted molar refractivity (Wildman–Crippen MR) is 111 cm³/mol. The highest BCUT2D eigenvalue weighted by Gasteiger charge is 2.36. The van der Waals surface area contributed by atoms with Gasteiger partial charge in [-0.25, -0.2) is 9.97 Å². The summed E-state index contributed by atoms with van der Waals surface area (Å²) in [6, 6.07) is 9.92. The quantitative estimate of drug-likeness (QED) is 0.468. The van der Waals surface area contributed by atoms with Crippen molar-refractivity contribution in [1.82, 2.24) is 29.5 Å². The lowest BCUT2D eigenvalue weighted by atomic mass is 10.3. The third-order valence-electron chi connectivity index (χ3n) is 5.11. The van der Waals surface area contributed by atoms with E-state index >= 15 is 0 Å². The van der Waals surface area contributed by atoms with Crippen molar-refractivity contribution in [1.29, 1.82) is 0 Å². The Kier molecular flexibility index (Phi) is 5.00. The number of carbonyl (C=O) groups excluding carboxylic acids is 1. The summed E-state index contributed by atoms with van der Waals surface area (Å²) >= 11 is 1.27. The fourth-order valence-electron chi connectivity index (χ4n) is 3.53. The molecule has 5 rings (SSSR count). The normalized spacial score (nSPS) is 14.8. The van der Waals surface area contributed by atoms with Crippen LogP contribution in [0.2, 0.25) is 0 Å². The Morgan fingerprint density at radius 2 is 1.84 bits per heavy atom. The molecule has 0 aliphatic carbocycles. The maximum Gasteiger partial charge on any atom is 0.433 e. The molecule has 0 unspecified atom stereocenters. The monoisotopic (exact) mass is 459 g/mol. The van der Waals surface area contributed by atoms with Crippen LogP contribution in [0.5, 0.6) is 0 Å². The van der Waals surface area contributed by atoms with Crippen molar-refractivity contribution in [3.63, 3.8) is 0 Å². The van der Waals surface area contributed by atoms with Crippen LogP contribution in [0.1, 0.15) is 16.3 Å². The van der Waals surface area contributed by atoms with Gasteiger partial charge in [0, 0.05) is 32.4 Å². The van der Waals surface area contributed by atoms with Gasteiger partial charge in [-0.15, -0.1) is 16.4 Å². The number of piperazine rings is 1. The third-order valence-corrected chi connectivity index (χ3v) is 6.00. The minimum atomic E-state index is -4.68. The van der Waals surface area contributed by atoms with E-state index in [1.807, 2.05) is 23.1 Å². The van der Waals surface area contributed by atoms with Crippen LogP contribution in [0, 0.1) is 0 Å². The number of carbonyl (C=O) groups is 1. The minimum Gasteiger partial charge on any atom is -0.353 e. The van der Waals surface area contributed by atoms with Gasteiger partial charge in [-0.1, -0.05) is 12.1 Å². The number of amides is 1. The second kappa shape index (κ2) is 7.86. The molecule has 5 heterocycles. The zero-order valence-corrected chi connectivity index (χ0v) is 17.3. The number of pyridine rings is 1. The van der Waals surface area contributed by atoms with E-state index in [-0.39, 0.29) is 17.3 Å². The molecule has 12 heteroatoms. The summed E-state index contributed by atoms with van der Waals surface area (Å²) in [5.41, 5.74) is -0.896. The SMILES string of the molecule is O=C(c1nc2nc(-c3cccs3)cc(C(F)(F)F)n2n1)N1CCN(c2ccccn2)CC1. The highest BCUT2D eigenvalue weighted by atomic mass is 32.1. The fraction of sp³-hybridized carbons (Fsp3) is 0.250. The van der Waals surface area contributed by atoms with E-state index in [1.165, 1.54) is 16.2 Å². The van der Waals surface area contributed by atoms with Gasteiger partial charge in [0.15, 0.2) is 5.69 Å². The molecule has 32 heavy (non-hydrogen) atoms. The molecule has 0 aromatic carbocycles. The molecule has 0 atom stereocenters. The Balaban J connectivity index is 1.43. The van der Waals surface area contributed by atoms with Crippen LogP contribution in [-0.2, 0) is 6.18 Å².